The second-order valence-corrected chi connectivity index (χ2v) is 19.0. The number of rotatable bonds is 16. The number of hydrogen-bond donors (Lipinski definition) is 4. The third-order valence-corrected chi connectivity index (χ3v) is 10.4. The van der Waals surface area contributed by atoms with Crippen molar-refractivity contribution in [2.75, 3.05) is 37.1 Å². The van der Waals surface area contributed by atoms with Crippen LogP contribution in [0.2, 0.25) is 0 Å². The standard InChI is InChI=1S/C20H26FIN4O5.C20H17FIN3O4.C6H15NO2.2CH4/c1-6-26-16(23-14-8-7-12(22)11-13(14)21)15(18(28)25(5)19(26)29)17(27)24-31-10-9-30-20(2,3)4;1-3-25-17(23-15-10-9-12(22)11-14(15)21)16(18(26)24(2)20(25)28)19(27)29-13-7-5-4-6-8-13;1-6(2,3)8-4-5-9-7;;/h7-8,11,23H,6,9-10H2,1-5H3,(H,24,27);4-11,23H,3H2,1-2H3;4-5,7H2,1-3H3;2*1H4. The fraction of sp³-hybridized carbons (Fsp3) is 0.417. The van der Waals surface area contributed by atoms with E-state index >= 15 is 0 Å². The monoisotopic (exact) mass is 1220 g/mol. The number of anilines is 4. The summed E-state index contributed by atoms with van der Waals surface area (Å²) < 4.78 is 50.2. The molecule has 5 aromatic rings. The Bertz CT molecular complexity index is 2810. The number of para-hydroxylation sites is 1. The number of aromatic nitrogens is 4. The van der Waals surface area contributed by atoms with E-state index in [-0.39, 0.29) is 86.7 Å². The smallest absolute Gasteiger partial charge is 0.352 e. The first-order valence-electron chi connectivity index (χ1n) is 21.3. The molecule has 5 N–H and O–H groups in total. The van der Waals surface area contributed by atoms with E-state index in [1.807, 2.05) is 86.7 Å². The number of nitrogens with one attached hydrogen (secondary N) is 3. The van der Waals surface area contributed by atoms with Crippen LogP contribution in [-0.2, 0) is 46.3 Å². The van der Waals surface area contributed by atoms with E-state index in [1.54, 1.807) is 56.3 Å². The number of hydroxylamine groups is 1. The summed E-state index contributed by atoms with van der Waals surface area (Å²) in [7, 11) is 2.53. The molecular weight excluding hydrogens is 1160 g/mol. The molecule has 0 aliphatic rings. The van der Waals surface area contributed by atoms with Gasteiger partial charge < -0.3 is 29.7 Å². The molecular formula is C48H66F2I2N8O11. The lowest BCUT2D eigenvalue weighted by molar-refractivity contribution is -0.0511. The van der Waals surface area contributed by atoms with Gasteiger partial charge in [0.25, 0.3) is 17.0 Å². The molecule has 0 aliphatic heterocycles. The van der Waals surface area contributed by atoms with E-state index in [1.165, 1.54) is 47.5 Å². The molecule has 392 valence electrons. The Morgan fingerprint density at radius 1 is 0.648 bits per heavy atom. The normalized spacial score (nSPS) is 10.9. The third kappa shape index (κ3) is 19.0. The first-order valence-corrected chi connectivity index (χ1v) is 23.4. The minimum Gasteiger partial charge on any atom is -0.423 e. The van der Waals surface area contributed by atoms with Gasteiger partial charge in [0.15, 0.2) is 5.56 Å². The molecule has 0 aliphatic carbocycles. The van der Waals surface area contributed by atoms with Gasteiger partial charge in [-0.1, -0.05) is 33.1 Å². The average molecular weight is 1220 g/mol. The van der Waals surface area contributed by atoms with Gasteiger partial charge in [-0.05, 0) is 149 Å². The number of ether oxygens (including phenoxy) is 3. The Morgan fingerprint density at radius 3 is 1.48 bits per heavy atom. The van der Waals surface area contributed by atoms with Crippen molar-refractivity contribution in [1.82, 2.24) is 23.7 Å². The second-order valence-electron chi connectivity index (χ2n) is 16.5. The number of nitrogens with zero attached hydrogens (tertiary/aromatic N) is 4. The molecule has 0 bridgehead atoms. The highest BCUT2D eigenvalue weighted by molar-refractivity contribution is 14.1. The molecule has 0 spiro atoms. The van der Waals surface area contributed by atoms with Gasteiger partial charge in [-0.15, -0.1) is 0 Å². The molecule has 0 radical (unpaired) electrons. The van der Waals surface area contributed by atoms with Crippen LogP contribution >= 0.6 is 45.2 Å². The summed E-state index contributed by atoms with van der Waals surface area (Å²) in [4.78, 5) is 85.6. The molecule has 3 aromatic carbocycles. The number of nitrogens with two attached hydrogens (primary N) is 1. The predicted molar refractivity (Wildman–Crippen MR) is 288 cm³/mol. The first-order chi connectivity index (χ1) is 32.3. The maximum absolute atomic E-state index is 14.4. The molecule has 5 rings (SSSR count). The van der Waals surface area contributed by atoms with Crippen LogP contribution in [0.5, 0.6) is 5.75 Å². The van der Waals surface area contributed by atoms with Crippen molar-refractivity contribution in [2.24, 2.45) is 20.0 Å². The van der Waals surface area contributed by atoms with Crippen molar-refractivity contribution in [2.45, 2.75) is 94.5 Å². The fourth-order valence-electron chi connectivity index (χ4n) is 5.81. The zero-order chi connectivity index (χ0) is 51.8. The number of esters is 1. The highest BCUT2D eigenvalue weighted by atomic mass is 127. The summed E-state index contributed by atoms with van der Waals surface area (Å²) in [5.74, 6) is 1.77. The molecule has 0 atom stereocenters. The Kier molecular flexibility index (Phi) is 26.2. The van der Waals surface area contributed by atoms with Gasteiger partial charge in [0.2, 0.25) is 0 Å². The van der Waals surface area contributed by atoms with Crippen LogP contribution < -0.4 is 49.2 Å². The lowest BCUT2D eigenvalue weighted by Crippen LogP contribution is -2.44. The maximum atomic E-state index is 14.4. The van der Waals surface area contributed by atoms with E-state index in [9.17, 15) is 37.5 Å². The van der Waals surface area contributed by atoms with Gasteiger partial charge in [-0.3, -0.25) is 37.5 Å². The van der Waals surface area contributed by atoms with Crippen LogP contribution in [-0.4, -0.2) is 67.8 Å². The highest BCUT2D eigenvalue weighted by Crippen LogP contribution is 2.25. The zero-order valence-corrected chi connectivity index (χ0v) is 44.3. The van der Waals surface area contributed by atoms with E-state index in [0.717, 1.165) is 9.13 Å². The minimum absolute atomic E-state index is 0. The number of amides is 1. The summed E-state index contributed by atoms with van der Waals surface area (Å²) in [5.41, 5.74) is -1.94. The fourth-order valence-corrected chi connectivity index (χ4v) is 6.71. The topological polar surface area (TPSA) is 230 Å². The maximum Gasteiger partial charge on any atom is 0.352 e. The largest absolute Gasteiger partial charge is 0.423 e. The summed E-state index contributed by atoms with van der Waals surface area (Å²) in [6.45, 7) is 16.5. The molecule has 0 unspecified atom stereocenters. The van der Waals surface area contributed by atoms with Crippen molar-refractivity contribution in [3.63, 3.8) is 0 Å². The van der Waals surface area contributed by atoms with Gasteiger partial charge in [0.1, 0.15) is 34.6 Å². The van der Waals surface area contributed by atoms with Crippen molar-refractivity contribution in [3.8, 4) is 5.75 Å². The number of benzene rings is 3. The number of hydrogen-bond acceptors (Lipinski definition) is 14. The van der Waals surface area contributed by atoms with Crippen LogP contribution in [0.3, 0.4) is 0 Å². The molecule has 1 amide bonds. The van der Waals surface area contributed by atoms with E-state index in [0.29, 0.717) is 20.4 Å². The summed E-state index contributed by atoms with van der Waals surface area (Å²) in [5, 5.41) is 5.46. The molecule has 2 aromatic heterocycles. The molecule has 0 saturated heterocycles. The third-order valence-electron chi connectivity index (χ3n) is 9.09. The first kappa shape index (κ1) is 63.7. The Hall–Kier alpha value is -5.32. The Balaban J connectivity index is 0.000000592. The molecule has 19 nitrogen and oxygen atoms in total. The highest BCUT2D eigenvalue weighted by Gasteiger charge is 2.27. The number of halogens is 4. The molecule has 0 saturated carbocycles. The van der Waals surface area contributed by atoms with Gasteiger partial charge in [-0.2, -0.15) is 0 Å². The number of carbonyl (C=O) groups excluding carboxylic acids is 2. The molecule has 0 fully saturated rings. The lowest BCUT2D eigenvalue weighted by atomic mass is 10.2. The lowest BCUT2D eigenvalue weighted by Gasteiger charge is -2.20. The van der Waals surface area contributed by atoms with Crippen LogP contribution in [0, 0.1) is 18.8 Å². The quantitative estimate of drug-likeness (QED) is 0.0243. The Labute approximate surface area is 439 Å². The average Bonchev–Trinajstić information content (AvgIpc) is 3.27. The molecule has 2 heterocycles. The van der Waals surface area contributed by atoms with E-state index in [2.05, 4.69) is 21.0 Å². The van der Waals surface area contributed by atoms with Crippen LogP contribution in [0.4, 0.5) is 31.8 Å². The van der Waals surface area contributed by atoms with E-state index in [4.69, 9.17) is 24.9 Å². The zero-order valence-electron chi connectivity index (χ0n) is 40.0. The van der Waals surface area contributed by atoms with Gasteiger partial charge in [-0.25, -0.2) is 34.5 Å². The van der Waals surface area contributed by atoms with Crippen molar-refractivity contribution in [3.05, 3.63) is 138 Å². The van der Waals surface area contributed by atoms with Crippen molar-refractivity contribution >= 4 is 80.1 Å². The predicted octanol–water partition coefficient (Wildman–Crippen LogP) is 7.77. The summed E-state index contributed by atoms with van der Waals surface area (Å²) >= 11 is 3.92. The van der Waals surface area contributed by atoms with Crippen molar-refractivity contribution in [1.29, 1.82) is 0 Å². The SMILES string of the molecule is C.C.CC(C)(C)OCCON.CCn1c(Nc2ccc(I)cc2F)c(C(=O)NOCCOC(C)(C)C)c(=O)n(C)c1=O.CCn1c(Nc2ccc(I)cc2F)c(C(=O)Oc2ccccc2)c(=O)n(C)c1=O. The Morgan fingerprint density at radius 2 is 1.07 bits per heavy atom. The summed E-state index contributed by atoms with van der Waals surface area (Å²) in [6, 6.07) is 17.0. The second kappa shape index (κ2) is 29.3. The van der Waals surface area contributed by atoms with Gasteiger partial charge >= 0.3 is 17.3 Å². The molecule has 23 heteroatoms. The molecule has 71 heavy (non-hydrogen) atoms. The van der Waals surface area contributed by atoms with Crippen molar-refractivity contribution < 1.29 is 42.3 Å². The van der Waals surface area contributed by atoms with Crippen LogP contribution in [0.1, 0.15) is 91.0 Å². The van der Waals surface area contributed by atoms with Gasteiger partial charge in [0.05, 0.1) is 49.0 Å². The van der Waals surface area contributed by atoms with E-state index < -0.39 is 51.6 Å². The summed E-state index contributed by atoms with van der Waals surface area (Å²) in [6.07, 6.45) is 0. The number of carbonyl (C=O) groups is 2. The van der Waals surface area contributed by atoms with Gasteiger partial charge in [0, 0.05) is 34.3 Å². The minimum atomic E-state index is -0.951. The van der Waals surface area contributed by atoms with Crippen LogP contribution in [0.15, 0.2) is 85.9 Å². The van der Waals surface area contributed by atoms with Crippen LogP contribution in [0.25, 0.3) is 0 Å².